The molecule has 0 aliphatic heterocycles. The van der Waals surface area contributed by atoms with Crippen molar-refractivity contribution in [2.75, 3.05) is 26.1 Å². The first kappa shape index (κ1) is 22.7. The van der Waals surface area contributed by atoms with E-state index >= 15 is 0 Å². The van der Waals surface area contributed by atoms with E-state index in [1.54, 1.807) is 30.3 Å². The maximum absolute atomic E-state index is 12.8. The zero-order valence-corrected chi connectivity index (χ0v) is 18.7. The summed E-state index contributed by atoms with van der Waals surface area (Å²) in [6.07, 6.45) is 0. The first-order valence-corrected chi connectivity index (χ1v) is 10.5. The summed E-state index contributed by atoms with van der Waals surface area (Å²) in [5.74, 6) is 0.380. The lowest BCUT2D eigenvalue weighted by atomic mass is 10.1. The van der Waals surface area contributed by atoms with E-state index in [-0.39, 0.29) is 12.4 Å². The molecule has 0 spiro atoms. The predicted octanol–water partition coefficient (Wildman–Crippen LogP) is 4.82. The van der Waals surface area contributed by atoms with Crippen LogP contribution in [0, 0.1) is 0 Å². The van der Waals surface area contributed by atoms with Crippen molar-refractivity contribution in [3.8, 4) is 17.2 Å². The van der Waals surface area contributed by atoms with Crippen LogP contribution in [0.1, 0.15) is 16.1 Å². The molecule has 0 aliphatic carbocycles. The Hall–Kier alpha value is -4.46. The van der Waals surface area contributed by atoms with Gasteiger partial charge in [0.2, 0.25) is 5.76 Å². The quantitative estimate of drug-likeness (QED) is 0.357. The van der Waals surface area contributed by atoms with Crippen LogP contribution in [0.5, 0.6) is 17.2 Å². The second-order valence-electron chi connectivity index (χ2n) is 7.23. The summed E-state index contributed by atoms with van der Waals surface area (Å²) >= 11 is 0. The number of hydrogen-bond acceptors (Lipinski definition) is 7. The number of fused-ring (bicyclic) bond motifs is 1. The molecule has 174 valence electrons. The van der Waals surface area contributed by atoms with Gasteiger partial charge in [-0.05, 0) is 18.2 Å². The first-order chi connectivity index (χ1) is 16.6. The fourth-order valence-electron chi connectivity index (χ4n) is 3.35. The minimum atomic E-state index is -0.763. The van der Waals surface area contributed by atoms with Crippen molar-refractivity contribution in [3.05, 3.63) is 84.1 Å². The summed E-state index contributed by atoms with van der Waals surface area (Å²) < 4.78 is 27.2. The Morgan fingerprint density at radius 1 is 0.853 bits per heavy atom. The highest BCUT2D eigenvalue weighted by Crippen LogP contribution is 2.28. The van der Waals surface area contributed by atoms with Gasteiger partial charge in [0.25, 0.3) is 5.91 Å². The summed E-state index contributed by atoms with van der Waals surface area (Å²) in [4.78, 5) is 25.2. The van der Waals surface area contributed by atoms with Crippen molar-refractivity contribution in [3.63, 3.8) is 0 Å². The van der Waals surface area contributed by atoms with E-state index in [0.29, 0.717) is 34.1 Å². The lowest BCUT2D eigenvalue weighted by Gasteiger charge is -2.10. The van der Waals surface area contributed by atoms with Gasteiger partial charge in [0.05, 0.1) is 19.8 Å². The Morgan fingerprint density at radius 2 is 1.53 bits per heavy atom. The second kappa shape index (κ2) is 10.4. The average molecular weight is 461 g/mol. The third-order valence-corrected chi connectivity index (χ3v) is 4.98. The van der Waals surface area contributed by atoms with E-state index in [0.717, 1.165) is 5.39 Å². The summed E-state index contributed by atoms with van der Waals surface area (Å²) in [5.41, 5.74) is 1.51. The maximum Gasteiger partial charge on any atom is 0.375 e. The number of para-hydroxylation sites is 2. The van der Waals surface area contributed by atoms with Crippen LogP contribution in [0.3, 0.4) is 0 Å². The molecule has 1 aromatic heterocycles. The number of nitrogens with one attached hydrogen (secondary N) is 1. The van der Waals surface area contributed by atoms with E-state index in [2.05, 4.69) is 5.32 Å². The zero-order chi connectivity index (χ0) is 23.9. The van der Waals surface area contributed by atoms with Gasteiger partial charge in [-0.1, -0.05) is 36.4 Å². The number of rotatable bonds is 9. The first-order valence-electron chi connectivity index (χ1n) is 10.5. The molecule has 1 amide bonds. The Bertz CT molecular complexity index is 1280. The van der Waals surface area contributed by atoms with Crippen LogP contribution >= 0.6 is 0 Å². The van der Waals surface area contributed by atoms with Gasteiger partial charge in [-0.15, -0.1) is 0 Å². The molecule has 0 saturated heterocycles. The van der Waals surface area contributed by atoms with Gasteiger partial charge < -0.3 is 28.7 Å². The van der Waals surface area contributed by atoms with Crippen molar-refractivity contribution in [2.24, 2.45) is 0 Å². The third-order valence-electron chi connectivity index (χ3n) is 4.98. The van der Waals surface area contributed by atoms with Crippen LogP contribution in [0.15, 0.2) is 77.2 Å². The molecule has 0 unspecified atom stereocenters. The highest BCUT2D eigenvalue weighted by Gasteiger charge is 2.23. The number of carbonyl (C=O) groups is 2. The maximum atomic E-state index is 12.8. The van der Waals surface area contributed by atoms with Gasteiger partial charge in [0, 0.05) is 29.3 Å². The molecule has 1 heterocycles. The van der Waals surface area contributed by atoms with Crippen LogP contribution in [0.4, 0.5) is 5.69 Å². The Morgan fingerprint density at radius 3 is 2.24 bits per heavy atom. The zero-order valence-electron chi connectivity index (χ0n) is 18.7. The molecule has 1 N–H and O–H groups in total. The molecule has 4 aromatic rings. The third kappa shape index (κ3) is 5.29. The molecule has 8 heteroatoms. The van der Waals surface area contributed by atoms with Crippen LogP contribution in [0.2, 0.25) is 0 Å². The number of carbonyl (C=O) groups excluding carboxylic acids is 2. The van der Waals surface area contributed by atoms with Gasteiger partial charge >= 0.3 is 5.97 Å². The number of ether oxygens (including phenoxy) is 4. The Labute approximate surface area is 196 Å². The molecule has 0 fully saturated rings. The van der Waals surface area contributed by atoms with Gasteiger partial charge in [-0.3, -0.25) is 4.79 Å². The number of hydrogen-bond donors (Lipinski definition) is 1. The molecule has 0 aliphatic rings. The Balaban J connectivity index is 1.46. The van der Waals surface area contributed by atoms with Crippen molar-refractivity contribution in [2.45, 2.75) is 6.61 Å². The van der Waals surface area contributed by atoms with Gasteiger partial charge in [-0.2, -0.15) is 0 Å². The van der Waals surface area contributed by atoms with Crippen molar-refractivity contribution < 1.29 is 33.0 Å². The number of amides is 1. The largest absolute Gasteiger partial charge is 0.497 e. The standard InChI is InChI=1S/C26H23NO7/c1-30-19-12-17(13-20(14-19)31-2)27-24(28)16-33-26(29)25-22(15-32-18-8-4-3-5-9-18)21-10-6-7-11-23(21)34-25/h3-14H,15-16H2,1-2H3,(H,27,28). The van der Waals surface area contributed by atoms with Gasteiger partial charge in [0.15, 0.2) is 6.61 Å². The van der Waals surface area contributed by atoms with Crippen LogP contribution in [-0.2, 0) is 16.1 Å². The van der Waals surface area contributed by atoms with Crippen LogP contribution in [-0.4, -0.2) is 32.7 Å². The molecular formula is C26H23NO7. The Kier molecular flexibility index (Phi) is 6.98. The molecule has 3 aromatic carbocycles. The highest BCUT2D eigenvalue weighted by molar-refractivity contribution is 5.98. The summed E-state index contributed by atoms with van der Waals surface area (Å²) in [5, 5.41) is 3.39. The van der Waals surface area contributed by atoms with Crippen molar-refractivity contribution >= 4 is 28.5 Å². The normalized spacial score (nSPS) is 10.5. The predicted molar refractivity (Wildman–Crippen MR) is 125 cm³/mol. The molecule has 0 bridgehead atoms. The highest BCUT2D eigenvalue weighted by atomic mass is 16.5. The fraction of sp³-hybridized carbons (Fsp3) is 0.154. The van der Waals surface area contributed by atoms with Crippen molar-refractivity contribution in [1.82, 2.24) is 0 Å². The van der Waals surface area contributed by atoms with E-state index in [9.17, 15) is 9.59 Å². The lowest BCUT2D eigenvalue weighted by Crippen LogP contribution is -2.21. The SMILES string of the molecule is COc1cc(NC(=O)COC(=O)c2oc3ccccc3c2COc2ccccc2)cc(OC)c1. The molecule has 0 atom stereocenters. The monoisotopic (exact) mass is 461 g/mol. The topological polar surface area (TPSA) is 96.2 Å². The summed E-state index contributed by atoms with van der Waals surface area (Å²) in [6.45, 7) is -0.407. The number of esters is 1. The molecule has 34 heavy (non-hydrogen) atoms. The number of methoxy groups -OCH3 is 2. The molecular weight excluding hydrogens is 438 g/mol. The summed E-state index contributed by atoms with van der Waals surface area (Å²) in [6, 6.07) is 21.4. The molecule has 0 radical (unpaired) electrons. The van der Waals surface area contributed by atoms with E-state index in [1.807, 2.05) is 42.5 Å². The van der Waals surface area contributed by atoms with Gasteiger partial charge in [0.1, 0.15) is 29.4 Å². The number of furan rings is 1. The molecule has 8 nitrogen and oxygen atoms in total. The number of benzene rings is 3. The van der Waals surface area contributed by atoms with Gasteiger partial charge in [-0.25, -0.2) is 4.79 Å². The van der Waals surface area contributed by atoms with E-state index in [4.69, 9.17) is 23.4 Å². The second-order valence-corrected chi connectivity index (χ2v) is 7.23. The smallest absolute Gasteiger partial charge is 0.375 e. The molecule has 0 saturated carbocycles. The average Bonchev–Trinajstić information content (AvgIpc) is 3.25. The van der Waals surface area contributed by atoms with E-state index < -0.39 is 18.5 Å². The molecule has 4 rings (SSSR count). The van der Waals surface area contributed by atoms with Crippen LogP contribution in [0.25, 0.3) is 11.0 Å². The van der Waals surface area contributed by atoms with Crippen LogP contribution < -0.4 is 19.5 Å². The minimum Gasteiger partial charge on any atom is -0.497 e. The summed E-state index contributed by atoms with van der Waals surface area (Å²) in [7, 11) is 3.02. The van der Waals surface area contributed by atoms with Crippen molar-refractivity contribution in [1.29, 1.82) is 0 Å². The fourth-order valence-corrected chi connectivity index (χ4v) is 3.35. The van der Waals surface area contributed by atoms with E-state index in [1.165, 1.54) is 14.2 Å². The minimum absolute atomic E-state index is 0.00650. The number of anilines is 1. The lowest BCUT2D eigenvalue weighted by molar-refractivity contribution is -0.119.